The lowest BCUT2D eigenvalue weighted by Crippen LogP contribution is -2.49. The Labute approximate surface area is 191 Å². The number of carbonyl (C=O) groups excluding carboxylic acids is 2. The van der Waals surface area contributed by atoms with Crippen LogP contribution in [0, 0.1) is 4.77 Å². The molecule has 1 fully saturated rings. The third-order valence-electron chi connectivity index (χ3n) is 5.67. The molecular formula is C23H25N5O3S. The molecule has 1 aliphatic rings. The quantitative estimate of drug-likeness (QED) is 0.458. The van der Waals surface area contributed by atoms with Crippen LogP contribution in [0.15, 0.2) is 48.5 Å². The van der Waals surface area contributed by atoms with Crippen molar-refractivity contribution >= 4 is 29.6 Å². The zero-order valence-corrected chi connectivity index (χ0v) is 18.9. The van der Waals surface area contributed by atoms with E-state index in [1.165, 1.54) is 0 Å². The van der Waals surface area contributed by atoms with Gasteiger partial charge in [0.1, 0.15) is 12.3 Å². The first-order chi connectivity index (χ1) is 15.5. The molecule has 0 bridgehead atoms. The zero-order chi connectivity index (χ0) is 22.7. The Morgan fingerprint density at radius 3 is 2.28 bits per heavy atom. The number of piperazine rings is 1. The molecule has 1 amide bonds. The number of H-pyrrole nitrogens is 1. The third-order valence-corrected chi connectivity index (χ3v) is 5.98. The fourth-order valence-electron chi connectivity index (χ4n) is 3.78. The van der Waals surface area contributed by atoms with Gasteiger partial charge in [0.05, 0.1) is 7.11 Å². The predicted molar refractivity (Wildman–Crippen MR) is 125 cm³/mol. The molecule has 1 aromatic heterocycles. The summed E-state index contributed by atoms with van der Waals surface area (Å²) in [5, 5.41) is 7.11. The second-order valence-corrected chi connectivity index (χ2v) is 8.02. The second kappa shape index (κ2) is 9.35. The first kappa shape index (κ1) is 21.8. The topological polar surface area (TPSA) is 83.5 Å². The van der Waals surface area contributed by atoms with Gasteiger partial charge in [0.15, 0.2) is 16.4 Å². The summed E-state index contributed by atoms with van der Waals surface area (Å²) < 4.78 is 7.34. The third kappa shape index (κ3) is 4.57. The number of methoxy groups -OCH3 is 1. The number of nitrogens with zero attached hydrogens (tertiary/aromatic N) is 4. The van der Waals surface area contributed by atoms with Crippen molar-refractivity contribution in [2.75, 3.05) is 38.2 Å². The molecule has 4 rings (SSSR count). The van der Waals surface area contributed by atoms with Gasteiger partial charge in [0.2, 0.25) is 5.91 Å². The lowest BCUT2D eigenvalue weighted by atomic mass is 10.1. The van der Waals surface area contributed by atoms with Crippen LogP contribution in [0.4, 0.5) is 5.69 Å². The number of carbonyl (C=O) groups is 2. The molecule has 1 N–H and O–H groups in total. The number of aromatic amines is 1. The van der Waals surface area contributed by atoms with E-state index >= 15 is 0 Å². The molecule has 3 aromatic rings. The van der Waals surface area contributed by atoms with Gasteiger partial charge >= 0.3 is 0 Å². The molecule has 0 aliphatic carbocycles. The number of Topliss-reactive ketones (excluding diaryl/α,β-unsaturated/α-hetero) is 1. The van der Waals surface area contributed by atoms with Gasteiger partial charge in [-0.3, -0.25) is 19.3 Å². The van der Waals surface area contributed by atoms with E-state index in [1.807, 2.05) is 53.4 Å². The minimum Gasteiger partial charge on any atom is -0.497 e. The fraction of sp³-hybridized carbons (Fsp3) is 0.304. The Hall–Kier alpha value is -3.46. The van der Waals surface area contributed by atoms with Gasteiger partial charge in [-0.1, -0.05) is 0 Å². The molecule has 9 heteroatoms. The molecule has 32 heavy (non-hydrogen) atoms. The SMILES string of the molecule is COc1ccc(-c2n[nH]c(=S)n2CC(=O)N2CCN(c3ccc(C(C)=O)cc3)CC2)cc1. The zero-order valence-electron chi connectivity index (χ0n) is 18.1. The monoisotopic (exact) mass is 451 g/mol. The van der Waals surface area contributed by atoms with E-state index in [4.69, 9.17) is 17.0 Å². The molecule has 1 saturated heterocycles. The van der Waals surface area contributed by atoms with Gasteiger partial charge in [-0.05, 0) is 67.7 Å². The summed E-state index contributed by atoms with van der Waals surface area (Å²) in [6.07, 6.45) is 0. The van der Waals surface area contributed by atoms with Crippen molar-refractivity contribution in [3.05, 3.63) is 58.9 Å². The normalized spacial score (nSPS) is 13.8. The first-order valence-electron chi connectivity index (χ1n) is 10.4. The van der Waals surface area contributed by atoms with Crippen LogP contribution in [-0.4, -0.2) is 64.6 Å². The number of aromatic nitrogens is 3. The van der Waals surface area contributed by atoms with Gasteiger partial charge in [0.25, 0.3) is 0 Å². The smallest absolute Gasteiger partial charge is 0.242 e. The average molecular weight is 452 g/mol. The highest BCUT2D eigenvalue weighted by atomic mass is 32.1. The summed E-state index contributed by atoms with van der Waals surface area (Å²) in [6.45, 7) is 4.39. The van der Waals surface area contributed by atoms with Gasteiger partial charge in [0, 0.05) is 43.0 Å². The van der Waals surface area contributed by atoms with Gasteiger partial charge < -0.3 is 14.5 Å². The molecule has 0 spiro atoms. The Balaban J connectivity index is 1.41. The van der Waals surface area contributed by atoms with Gasteiger partial charge in [-0.2, -0.15) is 5.10 Å². The summed E-state index contributed by atoms with van der Waals surface area (Å²) in [6, 6.07) is 15.1. The van der Waals surface area contributed by atoms with E-state index in [9.17, 15) is 9.59 Å². The van der Waals surface area contributed by atoms with Crippen molar-refractivity contribution in [3.63, 3.8) is 0 Å². The van der Waals surface area contributed by atoms with E-state index in [2.05, 4.69) is 15.1 Å². The number of amides is 1. The molecule has 8 nitrogen and oxygen atoms in total. The standard InChI is InChI=1S/C23H25N5O3S/c1-16(29)17-3-7-19(8-4-17)26-11-13-27(14-12-26)21(30)15-28-22(24-25-23(28)32)18-5-9-20(31-2)10-6-18/h3-10H,11-15H2,1-2H3,(H,25,32). The maximum Gasteiger partial charge on any atom is 0.242 e. The van der Waals surface area contributed by atoms with E-state index in [0.717, 1.165) is 30.1 Å². The number of ketones is 1. The minimum atomic E-state index is 0.00355. The largest absolute Gasteiger partial charge is 0.497 e. The highest BCUT2D eigenvalue weighted by molar-refractivity contribution is 7.71. The van der Waals surface area contributed by atoms with E-state index in [-0.39, 0.29) is 18.2 Å². The van der Waals surface area contributed by atoms with Crippen molar-refractivity contribution in [1.82, 2.24) is 19.7 Å². The van der Waals surface area contributed by atoms with Crippen LogP contribution in [-0.2, 0) is 11.3 Å². The maximum atomic E-state index is 13.0. The summed E-state index contributed by atoms with van der Waals surface area (Å²) in [5.74, 6) is 1.43. The second-order valence-electron chi connectivity index (χ2n) is 7.64. The maximum absolute atomic E-state index is 13.0. The summed E-state index contributed by atoms with van der Waals surface area (Å²) >= 11 is 5.37. The number of ether oxygens (including phenoxy) is 1. The van der Waals surface area contributed by atoms with E-state index in [0.29, 0.717) is 29.2 Å². The van der Waals surface area contributed by atoms with Crippen molar-refractivity contribution in [1.29, 1.82) is 0 Å². The fourth-order valence-corrected chi connectivity index (χ4v) is 3.98. The Morgan fingerprint density at radius 2 is 1.69 bits per heavy atom. The van der Waals surface area contributed by atoms with Crippen LogP contribution in [0.3, 0.4) is 0 Å². The molecule has 2 heterocycles. The van der Waals surface area contributed by atoms with Crippen LogP contribution in [0.5, 0.6) is 5.75 Å². The van der Waals surface area contributed by atoms with Gasteiger partial charge in [-0.25, -0.2) is 0 Å². The lowest BCUT2D eigenvalue weighted by molar-refractivity contribution is -0.132. The number of anilines is 1. The van der Waals surface area contributed by atoms with Crippen molar-refractivity contribution in [2.24, 2.45) is 0 Å². The van der Waals surface area contributed by atoms with E-state index in [1.54, 1.807) is 18.6 Å². The number of benzene rings is 2. The van der Waals surface area contributed by atoms with Crippen LogP contribution in [0.2, 0.25) is 0 Å². The van der Waals surface area contributed by atoms with Crippen molar-refractivity contribution in [3.8, 4) is 17.1 Å². The summed E-state index contributed by atoms with van der Waals surface area (Å²) in [7, 11) is 1.62. The lowest BCUT2D eigenvalue weighted by Gasteiger charge is -2.36. The number of nitrogens with one attached hydrogen (secondary N) is 1. The summed E-state index contributed by atoms with van der Waals surface area (Å²) in [4.78, 5) is 28.6. The minimum absolute atomic E-state index is 0.00355. The van der Waals surface area contributed by atoms with Crippen LogP contribution < -0.4 is 9.64 Å². The van der Waals surface area contributed by atoms with Crippen molar-refractivity contribution in [2.45, 2.75) is 13.5 Å². The van der Waals surface area contributed by atoms with Crippen LogP contribution >= 0.6 is 12.2 Å². The Bertz CT molecular complexity index is 1160. The highest BCUT2D eigenvalue weighted by Crippen LogP contribution is 2.22. The molecule has 0 unspecified atom stereocenters. The summed E-state index contributed by atoms with van der Waals surface area (Å²) in [5.41, 5.74) is 2.61. The van der Waals surface area contributed by atoms with Gasteiger partial charge in [-0.15, -0.1) is 0 Å². The van der Waals surface area contributed by atoms with E-state index < -0.39 is 0 Å². The number of hydrogen-bond acceptors (Lipinski definition) is 6. The molecule has 0 atom stereocenters. The highest BCUT2D eigenvalue weighted by Gasteiger charge is 2.23. The average Bonchev–Trinajstić information content (AvgIpc) is 3.19. The molecule has 166 valence electrons. The molecule has 0 radical (unpaired) electrons. The molecular weight excluding hydrogens is 426 g/mol. The number of hydrogen-bond donors (Lipinski definition) is 1. The molecule has 1 aliphatic heterocycles. The van der Waals surface area contributed by atoms with Crippen LogP contribution in [0.1, 0.15) is 17.3 Å². The number of rotatable bonds is 6. The van der Waals surface area contributed by atoms with Crippen LogP contribution in [0.25, 0.3) is 11.4 Å². The van der Waals surface area contributed by atoms with Crippen molar-refractivity contribution < 1.29 is 14.3 Å². The Morgan fingerprint density at radius 1 is 1.03 bits per heavy atom. The molecule has 2 aromatic carbocycles. The predicted octanol–water partition coefficient (Wildman–Crippen LogP) is 3.17. The first-order valence-corrected chi connectivity index (χ1v) is 10.8. The molecule has 0 saturated carbocycles. The Kier molecular flexibility index (Phi) is 6.36.